The van der Waals surface area contributed by atoms with Crippen molar-refractivity contribution in [1.82, 2.24) is 0 Å². The van der Waals surface area contributed by atoms with Gasteiger partial charge in [0.05, 0.1) is 5.69 Å². The summed E-state index contributed by atoms with van der Waals surface area (Å²) in [6.45, 7) is 2.88. The van der Waals surface area contributed by atoms with Gasteiger partial charge in [-0.25, -0.2) is 4.39 Å². The Kier molecular flexibility index (Phi) is 4.37. The maximum atomic E-state index is 14.0. The molecular formula is C15H15BrFN. The molecule has 0 heterocycles. The maximum Gasteiger partial charge on any atom is 0.147 e. The Bertz CT molecular complexity index is 513. The second-order valence-corrected chi connectivity index (χ2v) is 5.00. The predicted octanol–water partition coefficient (Wildman–Crippen LogP) is 5.14. The van der Waals surface area contributed by atoms with Gasteiger partial charge in [-0.3, -0.25) is 0 Å². The molecule has 0 spiro atoms. The smallest absolute Gasteiger partial charge is 0.147 e. The molecule has 2 aromatic carbocycles. The van der Waals surface area contributed by atoms with Crippen LogP contribution in [0.15, 0.2) is 53.0 Å². The molecule has 0 atom stereocenters. The highest BCUT2D eigenvalue weighted by molar-refractivity contribution is 9.10. The molecule has 0 aromatic heterocycles. The number of hydrogen-bond donors (Lipinski definition) is 0. The lowest BCUT2D eigenvalue weighted by atomic mass is 10.2. The summed E-state index contributed by atoms with van der Waals surface area (Å²) in [6.07, 6.45) is 0.963. The van der Waals surface area contributed by atoms with Gasteiger partial charge in [0, 0.05) is 16.7 Å². The second-order valence-electron chi connectivity index (χ2n) is 4.08. The molecule has 0 aliphatic heterocycles. The molecule has 0 amide bonds. The summed E-state index contributed by atoms with van der Waals surface area (Å²) in [5.41, 5.74) is 1.63. The molecule has 0 unspecified atom stereocenters. The average molecular weight is 308 g/mol. The number of anilines is 2. The molecule has 0 saturated heterocycles. The van der Waals surface area contributed by atoms with Crippen molar-refractivity contribution in [3.8, 4) is 0 Å². The predicted molar refractivity (Wildman–Crippen MR) is 77.8 cm³/mol. The summed E-state index contributed by atoms with van der Waals surface area (Å²) in [4.78, 5) is 2.00. The van der Waals surface area contributed by atoms with Crippen molar-refractivity contribution in [3.63, 3.8) is 0 Å². The fourth-order valence-electron chi connectivity index (χ4n) is 1.92. The number of nitrogens with zero attached hydrogens (tertiary/aromatic N) is 1. The molecule has 0 radical (unpaired) electrons. The van der Waals surface area contributed by atoms with Gasteiger partial charge in [-0.15, -0.1) is 0 Å². The van der Waals surface area contributed by atoms with Gasteiger partial charge < -0.3 is 4.90 Å². The summed E-state index contributed by atoms with van der Waals surface area (Å²) < 4.78 is 14.8. The van der Waals surface area contributed by atoms with E-state index >= 15 is 0 Å². The van der Waals surface area contributed by atoms with Gasteiger partial charge in [-0.2, -0.15) is 0 Å². The van der Waals surface area contributed by atoms with E-state index in [0.29, 0.717) is 5.69 Å². The topological polar surface area (TPSA) is 3.24 Å². The molecular weight excluding hydrogens is 293 g/mol. The van der Waals surface area contributed by atoms with Crippen molar-refractivity contribution in [3.05, 3.63) is 58.8 Å². The SMILES string of the molecule is CCCN(c1ccccc1)c1ccc(Br)cc1F. The van der Waals surface area contributed by atoms with Crippen LogP contribution in [0, 0.1) is 5.82 Å². The largest absolute Gasteiger partial charge is 0.339 e. The highest BCUT2D eigenvalue weighted by atomic mass is 79.9. The first-order valence-corrected chi connectivity index (χ1v) is 6.79. The van der Waals surface area contributed by atoms with Crippen LogP contribution in [0.1, 0.15) is 13.3 Å². The lowest BCUT2D eigenvalue weighted by Crippen LogP contribution is -2.18. The van der Waals surface area contributed by atoms with Gasteiger partial charge in [0.25, 0.3) is 0 Å². The molecule has 1 nitrogen and oxygen atoms in total. The first-order chi connectivity index (χ1) is 8.72. The van der Waals surface area contributed by atoms with Crippen LogP contribution >= 0.6 is 15.9 Å². The van der Waals surface area contributed by atoms with Gasteiger partial charge in [0.1, 0.15) is 5.82 Å². The molecule has 2 aromatic rings. The third-order valence-electron chi connectivity index (χ3n) is 2.72. The zero-order valence-electron chi connectivity index (χ0n) is 10.2. The van der Waals surface area contributed by atoms with Crippen LogP contribution in [-0.4, -0.2) is 6.54 Å². The number of benzene rings is 2. The Morgan fingerprint density at radius 3 is 2.44 bits per heavy atom. The van der Waals surface area contributed by atoms with E-state index in [9.17, 15) is 4.39 Å². The number of halogens is 2. The van der Waals surface area contributed by atoms with Gasteiger partial charge in [0.2, 0.25) is 0 Å². The lowest BCUT2D eigenvalue weighted by molar-refractivity contribution is 0.623. The van der Waals surface area contributed by atoms with Crippen LogP contribution in [0.5, 0.6) is 0 Å². The van der Waals surface area contributed by atoms with Gasteiger partial charge in [0.15, 0.2) is 0 Å². The normalized spacial score (nSPS) is 10.4. The fraction of sp³-hybridized carbons (Fsp3) is 0.200. The highest BCUT2D eigenvalue weighted by Crippen LogP contribution is 2.29. The summed E-state index contributed by atoms with van der Waals surface area (Å²) in [5, 5.41) is 0. The van der Waals surface area contributed by atoms with Gasteiger partial charge >= 0.3 is 0 Å². The lowest BCUT2D eigenvalue weighted by Gasteiger charge is -2.25. The number of hydrogen-bond acceptors (Lipinski definition) is 1. The van der Waals surface area contributed by atoms with E-state index in [2.05, 4.69) is 22.9 Å². The summed E-state index contributed by atoms with van der Waals surface area (Å²) in [5.74, 6) is -0.207. The third kappa shape index (κ3) is 2.91. The standard InChI is InChI=1S/C15H15BrFN/c1-2-10-18(13-6-4-3-5-7-13)15-9-8-12(16)11-14(15)17/h3-9,11H,2,10H2,1H3. The summed E-state index contributed by atoms with van der Waals surface area (Å²) in [6, 6.07) is 15.1. The number of para-hydroxylation sites is 1. The molecule has 0 N–H and O–H groups in total. The molecule has 18 heavy (non-hydrogen) atoms. The minimum Gasteiger partial charge on any atom is -0.339 e. The van der Waals surface area contributed by atoms with Crippen LogP contribution in [0.2, 0.25) is 0 Å². The molecule has 0 aliphatic carbocycles. The molecule has 3 heteroatoms. The van der Waals surface area contributed by atoms with Crippen molar-refractivity contribution in [2.75, 3.05) is 11.4 Å². The number of rotatable bonds is 4. The van der Waals surface area contributed by atoms with Crippen molar-refractivity contribution < 1.29 is 4.39 Å². The highest BCUT2D eigenvalue weighted by Gasteiger charge is 2.12. The van der Waals surface area contributed by atoms with Crippen molar-refractivity contribution >= 4 is 27.3 Å². The van der Waals surface area contributed by atoms with Crippen LogP contribution in [0.3, 0.4) is 0 Å². The molecule has 0 aliphatic rings. The van der Waals surface area contributed by atoms with E-state index in [4.69, 9.17) is 0 Å². The van der Waals surface area contributed by atoms with E-state index in [1.165, 1.54) is 6.07 Å². The Labute approximate surface area is 115 Å². The molecule has 0 fully saturated rings. The van der Waals surface area contributed by atoms with Crippen molar-refractivity contribution in [2.45, 2.75) is 13.3 Å². The Balaban J connectivity index is 2.41. The van der Waals surface area contributed by atoms with Crippen LogP contribution in [0.25, 0.3) is 0 Å². The van der Waals surface area contributed by atoms with Crippen LogP contribution in [-0.2, 0) is 0 Å². The molecule has 0 saturated carbocycles. The third-order valence-corrected chi connectivity index (χ3v) is 3.21. The summed E-state index contributed by atoms with van der Waals surface area (Å²) in [7, 11) is 0. The minimum absolute atomic E-state index is 0.207. The quantitative estimate of drug-likeness (QED) is 0.756. The van der Waals surface area contributed by atoms with Crippen molar-refractivity contribution in [1.29, 1.82) is 0 Å². The zero-order chi connectivity index (χ0) is 13.0. The van der Waals surface area contributed by atoms with Crippen LogP contribution < -0.4 is 4.90 Å². The van der Waals surface area contributed by atoms with E-state index < -0.39 is 0 Å². The van der Waals surface area contributed by atoms with E-state index in [1.54, 1.807) is 0 Å². The Hall–Kier alpha value is -1.35. The minimum atomic E-state index is -0.207. The average Bonchev–Trinajstić information content (AvgIpc) is 2.38. The van der Waals surface area contributed by atoms with E-state index in [1.807, 2.05) is 47.4 Å². The summed E-state index contributed by atoms with van der Waals surface area (Å²) >= 11 is 3.28. The Morgan fingerprint density at radius 1 is 1.11 bits per heavy atom. The van der Waals surface area contributed by atoms with E-state index in [0.717, 1.165) is 23.1 Å². The molecule has 0 bridgehead atoms. The fourth-order valence-corrected chi connectivity index (χ4v) is 2.25. The maximum absolute atomic E-state index is 14.0. The molecule has 94 valence electrons. The van der Waals surface area contributed by atoms with Crippen LogP contribution in [0.4, 0.5) is 15.8 Å². The first kappa shape index (κ1) is 13.1. The van der Waals surface area contributed by atoms with Gasteiger partial charge in [-0.1, -0.05) is 41.1 Å². The Morgan fingerprint density at radius 2 is 1.83 bits per heavy atom. The van der Waals surface area contributed by atoms with Gasteiger partial charge in [-0.05, 0) is 36.8 Å². The second kappa shape index (κ2) is 6.01. The monoisotopic (exact) mass is 307 g/mol. The first-order valence-electron chi connectivity index (χ1n) is 6.00. The molecule has 2 rings (SSSR count). The van der Waals surface area contributed by atoms with Crippen molar-refractivity contribution in [2.24, 2.45) is 0 Å². The van der Waals surface area contributed by atoms with E-state index in [-0.39, 0.29) is 5.82 Å². The zero-order valence-corrected chi connectivity index (χ0v) is 11.8.